The number of likely N-dealkylation sites (tertiary alicyclic amines) is 1. The second kappa shape index (κ2) is 11.3. The van der Waals surface area contributed by atoms with Crippen molar-refractivity contribution in [3.8, 4) is 0 Å². The molecule has 1 aromatic carbocycles. The molecule has 0 aliphatic carbocycles. The van der Waals surface area contributed by atoms with Crippen LogP contribution in [0.25, 0.3) is 0 Å². The first kappa shape index (κ1) is 21.7. The van der Waals surface area contributed by atoms with Crippen molar-refractivity contribution in [3.63, 3.8) is 0 Å². The van der Waals surface area contributed by atoms with Gasteiger partial charge in [0.1, 0.15) is 6.61 Å². The predicted molar refractivity (Wildman–Crippen MR) is 106 cm³/mol. The Hall–Kier alpha value is -2.61. The number of rotatable bonds is 8. The lowest BCUT2D eigenvalue weighted by Gasteiger charge is -2.32. The lowest BCUT2D eigenvalue weighted by molar-refractivity contribution is -0.134. The Balaban J connectivity index is 1.89. The van der Waals surface area contributed by atoms with E-state index in [-0.39, 0.29) is 24.3 Å². The number of nitrogens with zero attached hydrogens (tertiary/aromatic N) is 1. The van der Waals surface area contributed by atoms with E-state index in [1.165, 1.54) is 7.11 Å². The molecule has 0 bridgehead atoms. The summed E-state index contributed by atoms with van der Waals surface area (Å²) in [6.07, 6.45) is 2.31. The van der Waals surface area contributed by atoms with Crippen LogP contribution >= 0.6 is 0 Å². The smallest absolute Gasteiger partial charge is 0.411 e. The molecule has 1 aliphatic heterocycles. The van der Waals surface area contributed by atoms with Crippen molar-refractivity contribution < 1.29 is 23.9 Å². The zero-order valence-electron chi connectivity index (χ0n) is 16.5. The van der Waals surface area contributed by atoms with Crippen LogP contribution in [0.5, 0.6) is 0 Å². The van der Waals surface area contributed by atoms with Gasteiger partial charge in [0, 0.05) is 38.0 Å². The van der Waals surface area contributed by atoms with Gasteiger partial charge in [0.25, 0.3) is 0 Å². The molecule has 2 rings (SSSR count). The molecule has 0 aromatic heterocycles. The molecule has 8 heteroatoms. The fourth-order valence-corrected chi connectivity index (χ4v) is 3.08. The first-order chi connectivity index (χ1) is 13.5. The molecular weight excluding hydrogens is 362 g/mol. The number of carbonyl (C=O) groups is 3. The van der Waals surface area contributed by atoms with E-state index >= 15 is 0 Å². The van der Waals surface area contributed by atoms with Crippen LogP contribution in [0.3, 0.4) is 0 Å². The van der Waals surface area contributed by atoms with E-state index in [1.54, 1.807) is 29.2 Å². The number of nitrogens with one attached hydrogen (secondary N) is 2. The van der Waals surface area contributed by atoms with Crippen LogP contribution in [0.1, 0.15) is 32.6 Å². The molecule has 3 amide bonds. The quantitative estimate of drug-likeness (QED) is 0.664. The third-order valence-corrected chi connectivity index (χ3v) is 4.51. The third kappa shape index (κ3) is 6.84. The molecule has 1 saturated heterocycles. The van der Waals surface area contributed by atoms with E-state index in [4.69, 9.17) is 9.47 Å². The largest absolute Gasteiger partial charge is 0.447 e. The van der Waals surface area contributed by atoms with E-state index in [0.717, 1.165) is 19.3 Å². The van der Waals surface area contributed by atoms with Crippen LogP contribution < -0.4 is 10.6 Å². The zero-order chi connectivity index (χ0) is 20.4. The second-order valence-electron chi connectivity index (χ2n) is 6.75. The summed E-state index contributed by atoms with van der Waals surface area (Å²) >= 11 is 0. The van der Waals surface area contributed by atoms with Gasteiger partial charge in [0.15, 0.2) is 0 Å². The van der Waals surface area contributed by atoms with Crippen molar-refractivity contribution in [3.05, 3.63) is 24.3 Å². The lowest BCUT2D eigenvalue weighted by atomic mass is 9.96. The number of piperidine rings is 1. The van der Waals surface area contributed by atoms with Gasteiger partial charge >= 0.3 is 6.09 Å². The van der Waals surface area contributed by atoms with Gasteiger partial charge in [0.2, 0.25) is 11.8 Å². The van der Waals surface area contributed by atoms with Crippen molar-refractivity contribution in [2.75, 3.05) is 44.0 Å². The maximum atomic E-state index is 12.6. The molecule has 1 atom stereocenters. The monoisotopic (exact) mass is 391 g/mol. The Bertz CT molecular complexity index is 680. The number of ether oxygens (including phenoxy) is 2. The van der Waals surface area contributed by atoms with E-state index in [2.05, 4.69) is 10.6 Å². The van der Waals surface area contributed by atoms with Crippen molar-refractivity contribution in [2.24, 2.45) is 5.92 Å². The Labute approximate surface area is 165 Å². The van der Waals surface area contributed by atoms with Gasteiger partial charge < -0.3 is 19.7 Å². The van der Waals surface area contributed by atoms with Crippen LogP contribution in [0.15, 0.2) is 24.3 Å². The average molecular weight is 391 g/mol. The first-order valence-electron chi connectivity index (χ1n) is 9.65. The van der Waals surface area contributed by atoms with Gasteiger partial charge in [-0.1, -0.05) is 13.0 Å². The third-order valence-electron chi connectivity index (χ3n) is 4.51. The minimum atomic E-state index is -0.585. The standard InChI is InChI=1S/C20H29N3O5/c1-3-6-18(24)23-10-5-7-15(14-23)19(25)21-16-8-4-9-17(13-16)22-20(26)28-12-11-27-2/h4,8-9,13,15H,3,5-7,10-12,14H2,1-2H3,(H,21,25)(H,22,26). The molecule has 28 heavy (non-hydrogen) atoms. The van der Waals surface area contributed by atoms with E-state index in [9.17, 15) is 14.4 Å². The summed E-state index contributed by atoms with van der Waals surface area (Å²) < 4.78 is 9.78. The van der Waals surface area contributed by atoms with Crippen molar-refractivity contribution in [1.29, 1.82) is 0 Å². The minimum Gasteiger partial charge on any atom is -0.447 e. The normalized spacial score (nSPS) is 16.4. The van der Waals surface area contributed by atoms with E-state index in [1.807, 2.05) is 6.92 Å². The number of carbonyl (C=O) groups excluding carboxylic acids is 3. The molecule has 0 saturated carbocycles. The van der Waals surface area contributed by atoms with Crippen LogP contribution in [0.4, 0.5) is 16.2 Å². The van der Waals surface area contributed by atoms with E-state index < -0.39 is 6.09 Å². The number of anilines is 2. The fraction of sp³-hybridized carbons (Fsp3) is 0.550. The van der Waals surface area contributed by atoms with Gasteiger partial charge in [0.05, 0.1) is 12.5 Å². The molecule has 0 spiro atoms. The van der Waals surface area contributed by atoms with Crippen molar-refractivity contribution in [1.82, 2.24) is 4.90 Å². The maximum Gasteiger partial charge on any atom is 0.411 e. The minimum absolute atomic E-state index is 0.109. The lowest BCUT2D eigenvalue weighted by Crippen LogP contribution is -2.43. The highest BCUT2D eigenvalue weighted by Crippen LogP contribution is 2.21. The number of hydrogen-bond donors (Lipinski definition) is 2. The summed E-state index contributed by atoms with van der Waals surface area (Å²) in [5.41, 5.74) is 1.10. The van der Waals surface area contributed by atoms with Gasteiger partial charge in [-0.3, -0.25) is 14.9 Å². The maximum absolute atomic E-state index is 12.6. The molecule has 1 unspecified atom stereocenters. The number of amides is 3. The van der Waals surface area contributed by atoms with Gasteiger partial charge in [-0.05, 0) is 37.5 Å². The average Bonchev–Trinajstić information content (AvgIpc) is 2.68. The fourth-order valence-electron chi connectivity index (χ4n) is 3.08. The Kier molecular flexibility index (Phi) is 8.74. The summed E-state index contributed by atoms with van der Waals surface area (Å²) in [5.74, 6) is -0.239. The first-order valence-corrected chi connectivity index (χ1v) is 9.65. The summed E-state index contributed by atoms with van der Waals surface area (Å²) in [5, 5.41) is 5.49. The molecule has 154 valence electrons. The highest BCUT2D eigenvalue weighted by Gasteiger charge is 2.28. The molecule has 1 aromatic rings. The molecular formula is C20H29N3O5. The molecule has 1 fully saturated rings. The molecule has 1 heterocycles. The molecule has 0 radical (unpaired) electrons. The van der Waals surface area contributed by atoms with Crippen molar-refractivity contribution >= 4 is 29.3 Å². The summed E-state index contributed by atoms with van der Waals surface area (Å²) in [7, 11) is 1.53. The number of benzene rings is 1. The topological polar surface area (TPSA) is 97.0 Å². The summed E-state index contributed by atoms with van der Waals surface area (Å²) in [4.78, 5) is 38.2. The second-order valence-corrected chi connectivity index (χ2v) is 6.75. The highest BCUT2D eigenvalue weighted by molar-refractivity contribution is 5.94. The van der Waals surface area contributed by atoms with Crippen molar-refractivity contribution in [2.45, 2.75) is 32.6 Å². The SMILES string of the molecule is CCCC(=O)N1CCCC(C(=O)Nc2cccc(NC(=O)OCCOC)c2)C1. The molecule has 2 N–H and O–H groups in total. The highest BCUT2D eigenvalue weighted by atomic mass is 16.6. The van der Waals surface area contributed by atoms with Crippen LogP contribution in [-0.4, -0.2) is 56.2 Å². The number of hydrogen-bond acceptors (Lipinski definition) is 5. The van der Waals surface area contributed by atoms with Gasteiger partial charge in [-0.2, -0.15) is 0 Å². The summed E-state index contributed by atoms with van der Waals surface area (Å²) in [6.45, 7) is 3.62. The van der Waals surface area contributed by atoms with Gasteiger partial charge in [-0.25, -0.2) is 4.79 Å². The zero-order valence-corrected chi connectivity index (χ0v) is 16.5. The Morgan fingerprint density at radius 3 is 2.64 bits per heavy atom. The molecule has 1 aliphatic rings. The molecule has 8 nitrogen and oxygen atoms in total. The number of methoxy groups -OCH3 is 1. The Morgan fingerprint density at radius 2 is 1.93 bits per heavy atom. The summed E-state index contributed by atoms with van der Waals surface area (Å²) in [6, 6.07) is 6.86. The van der Waals surface area contributed by atoms with E-state index in [0.29, 0.717) is 37.5 Å². The van der Waals surface area contributed by atoms with Crippen LogP contribution in [-0.2, 0) is 19.1 Å². The predicted octanol–water partition coefficient (Wildman–Crippen LogP) is 2.86. The van der Waals surface area contributed by atoms with Crippen LogP contribution in [0.2, 0.25) is 0 Å². The van der Waals surface area contributed by atoms with Gasteiger partial charge in [-0.15, -0.1) is 0 Å². The Morgan fingerprint density at radius 1 is 1.18 bits per heavy atom. The van der Waals surface area contributed by atoms with Crippen LogP contribution in [0, 0.1) is 5.92 Å².